The van der Waals surface area contributed by atoms with Gasteiger partial charge in [-0.05, 0) is 0 Å². The average molecular weight is 624 g/mol. The van der Waals surface area contributed by atoms with Crippen LogP contribution in [0.4, 0.5) is 35.1 Å². The topological polar surface area (TPSA) is 36.9 Å². The van der Waals surface area contributed by atoms with E-state index in [1.807, 2.05) is 13.8 Å². The summed E-state index contributed by atoms with van der Waals surface area (Å²) >= 11 is -5.54. The summed E-state index contributed by atoms with van der Waals surface area (Å²) in [6, 6.07) is 0. The van der Waals surface area contributed by atoms with Gasteiger partial charge in [0.1, 0.15) is 0 Å². The van der Waals surface area contributed by atoms with Crippen LogP contribution in [0.15, 0.2) is 0 Å². The molecular formula is C24H28F8O4Zr. The molecule has 0 fully saturated rings. The van der Waals surface area contributed by atoms with E-state index in [-0.39, 0.29) is 13.2 Å². The Hall–Kier alpha value is -1.40. The fourth-order valence-electron chi connectivity index (χ4n) is 3.08. The van der Waals surface area contributed by atoms with Gasteiger partial charge in [0.2, 0.25) is 0 Å². The Bertz CT molecular complexity index is 956. The molecule has 0 saturated carbocycles. The van der Waals surface area contributed by atoms with Crippen molar-refractivity contribution in [2.24, 2.45) is 0 Å². The number of unbranched alkanes of at least 4 members (excludes halogenated alkanes) is 2. The molecule has 0 aromatic heterocycles. The molecule has 13 heteroatoms. The second kappa shape index (κ2) is 14.1. The summed E-state index contributed by atoms with van der Waals surface area (Å²) in [4.78, 5) is 0. The summed E-state index contributed by atoms with van der Waals surface area (Å²) < 4.78 is 136. The van der Waals surface area contributed by atoms with E-state index < -0.39 is 104 Å². The van der Waals surface area contributed by atoms with Gasteiger partial charge in [-0.2, -0.15) is 0 Å². The van der Waals surface area contributed by atoms with Crippen LogP contribution in [0.3, 0.4) is 0 Å². The summed E-state index contributed by atoms with van der Waals surface area (Å²) in [7, 11) is 0. The maximum absolute atomic E-state index is 14.4. The van der Waals surface area contributed by atoms with Crippen molar-refractivity contribution in [2.75, 3.05) is 13.2 Å². The fourth-order valence-corrected chi connectivity index (χ4v) is 7.83. The second-order valence-electron chi connectivity index (χ2n) is 8.20. The molecule has 0 N–H and O–H groups in total. The minimum atomic E-state index is -5.54. The van der Waals surface area contributed by atoms with Crippen LogP contribution in [-0.4, -0.2) is 13.2 Å². The molecule has 0 amide bonds. The van der Waals surface area contributed by atoms with Crippen LogP contribution in [0.5, 0.6) is 0 Å². The van der Waals surface area contributed by atoms with E-state index in [0.29, 0.717) is 25.7 Å². The van der Waals surface area contributed by atoms with Crippen molar-refractivity contribution >= 4 is 0 Å². The molecule has 0 radical (unpaired) electrons. The van der Waals surface area contributed by atoms with Crippen LogP contribution in [0.1, 0.15) is 61.8 Å². The third-order valence-electron chi connectivity index (χ3n) is 5.49. The molecule has 0 unspecified atom stereocenters. The van der Waals surface area contributed by atoms with E-state index in [4.69, 9.17) is 11.3 Å². The summed E-state index contributed by atoms with van der Waals surface area (Å²) in [6.45, 7) is 2.96. The van der Waals surface area contributed by atoms with Gasteiger partial charge in [0.25, 0.3) is 0 Å². The van der Waals surface area contributed by atoms with E-state index in [9.17, 15) is 35.1 Å². The molecule has 0 aliphatic heterocycles. The van der Waals surface area contributed by atoms with Gasteiger partial charge in [-0.1, -0.05) is 0 Å². The molecule has 2 aromatic rings. The monoisotopic (exact) mass is 622 g/mol. The van der Waals surface area contributed by atoms with E-state index >= 15 is 0 Å². The normalized spacial score (nSPS) is 12.0. The van der Waals surface area contributed by atoms with Crippen molar-refractivity contribution in [1.29, 1.82) is 0 Å². The van der Waals surface area contributed by atoms with Gasteiger partial charge >= 0.3 is 217 Å². The Morgan fingerprint density at radius 3 is 1.05 bits per heavy atom. The van der Waals surface area contributed by atoms with Crippen molar-refractivity contribution in [3.63, 3.8) is 0 Å². The summed E-state index contributed by atoms with van der Waals surface area (Å²) in [5, 5.41) is 0. The third kappa shape index (κ3) is 7.38. The first-order chi connectivity index (χ1) is 17.4. The average Bonchev–Trinajstić information content (AvgIpc) is 2.88. The van der Waals surface area contributed by atoms with Crippen molar-refractivity contribution < 1.29 is 68.4 Å². The molecular weight excluding hydrogens is 595 g/mol. The number of hydrogen-bond donors (Lipinski definition) is 0. The quantitative estimate of drug-likeness (QED) is 0.123. The first-order valence-electron chi connectivity index (χ1n) is 11.6. The standard InChI is InChI=1S/2C8H5F4O.2C4H9O.Zr/c2*1-3-5(9)7(11)4(2-13)8(12)6(3)10;2*1-2-3-4-5;/h2*2H2,1H3;2*2-4H2,1H3;/q4*-1;+4. The molecule has 0 atom stereocenters. The predicted molar refractivity (Wildman–Crippen MR) is 113 cm³/mol. The zero-order valence-electron chi connectivity index (χ0n) is 20.8. The Labute approximate surface area is 216 Å². The first-order valence-corrected chi connectivity index (χ1v) is 15.6. The SMILES string of the molecule is CCCC[O][Zr]([O]CCCC)([O]Cc1c(F)c(F)c(C)c(F)c1F)[O]Cc1c(F)c(F)c(C)c(F)c1F. The predicted octanol–water partition coefficient (Wildman–Crippen LogP) is 7.60. The summed E-state index contributed by atoms with van der Waals surface area (Å²) in [5.41, 5.74) is -3.99. The van der Waals surface area contributed by atoms with E-state index in [1.54, 1.807) is 0 Å². The van der Waals surface area contributed by atoms with Crippen molar-refractivity contribution in [1.82, 2.24) is 0 Å². The van der Waals surface area contributed by atoms with Crippen LogP contribution in [-0.2, 0) is 46.5 Å². The second-order valence-corrected chi connectivity index (χ2v) is 13.5. The van der Waals surface area contributed by atoms with Crippen LogP contribution >= 0.6 is 0 Å². The molecule has 0 aliphatic carbocycles. The number of benzene rings is 2. The molecule has 4 nitrogen and oxygen atoms in total. The molecule has 2 aromatic carbocycles. The zero-order valence-corrected chi connectivity index (χ0v) is 23.3. The van der Waals surface area contributed by atoms with Crippen molar-refractivity contribution in [3.05, 3.63) is 68.8 Å². The van der Waals surface area contributed by atoms with E-state index in [2.05, 4.69) is 0 Å². The van der Waals surface area contributed by atoms with Gasteiger partial charge in [0.05, 0.1) is 0 Å². The van der Waals surface area contributed by atoms with Crippen molar-refractivity contribution in [3.8, 4) is 0 Å². The van der Waals surface area contributed by atoms with Gasteiger partial charge in [-0.25, -0.2) is 0 Å². The molecule has 0 spiro atoms. The van der Waals surface area contributed by atoms with Gasteiger partial charge in [-0.3, -0.25) is 0 Å². The van der Waals surface area contributed by atoms with Gasteiger partial charge in [0.15, 0.2) is 0 Å². The third-order valence-corrected chi connectivity index (χ3v) is 10.7. The first kappa shape index (κ1) is 31.8. The molecule has 0 heterocycles. The Morgan fingerprint density at radius 2 is 0.784 bits per heavy atom. The van der Waals surface area contributed by atoms with Gasteiger partial charge in [0, 0.05) is 0 Å². The number of halogens is 8. The van der Waals surface area contributed by atoms with Crippen LogP contribution in [0.2, 0.25) is 0 Å². The van der Waals surface area contributed by atoms with Gasteiger partial charge in [-0.15, -0.1) is 0 Å². The Balaban J connectivity index is 2.47. The molecule has 0 aliphatic rings. The van der Waals surface area contributed by atoms with Crippen LogP contribution in [0, 0.1) is 60.4 Å². The Morgan fingerprint density at radius 1 is 0.486 bits per heavy atom. The van der Waals surface area contributed by atoms with E-state index in [0.717, 1.165) is 13.8 Å². The number of hydrogen-bond acceptors (Lipinski definition) is 4. The van der Waals surface area contributed by atoms with E-state index in [1.165, 1.54) is 0 Å². The molecule has 208 valence electrons. The summed E-state index contributed by atoms with van der Waals surface area (Å²) in [6.07, 6.45) is 2.09. The van der Waals surface area contributed by atoms with Gasteiger partial charge < -0.3 is 0 Å². The molecule has 2 rings (SSSR count). The zero-order chi connectivity index (χ0) is 27.9. The molecule has 0 bridgehead atoms. The van der Waals surface area contributed by atoms with Crippen LogP contribution < -0.4 is 0 Å². The molecule has 0 saturated heterocycles. The molecule has 37 heavy (non-hydrogen) atoms. The minimum absolute atomic E-state index is 0.0676. The van der Waals surface area contributed by atoms with Crippen LogP contribution in [0.25, 0.3) is 0 Å². The maximum atomic E-state index is 14.4. The Kier molecular flexibility index (Phi) is 12.1. The fraction of sp³-hybridized carbons (Fsp3) is 0.500. The summed E-state index contributed by atoms with van der Waals surface area (Å²) in [5.74, 6) is -13.4. The number of rotatable bonds is 14. The van der Waals surface area contributed by atoms with Crippen molar-refractivity contribution in [2.45, 2.75) is 66.6 Å².